The van der Waals surface area contributed by atoms with Crippen LogP contribution >= 0.6 is 0 Å². The number of hydrogen-bond donors (Lipinski definition) is 1. The zero-order chi connectivity index (χ0) is 10.9. The van der Waals surface area contributed by atoms with E-state index in [0.717, 1.165) is 19.4 Å². The Morgan fingerprint density at radius 3 is 2.60 bits per heavy atom. The maximum Gasteiger partial charge on any atom is 0.0578 e. The van der Waals surface area contributed by atoms with Crippen LogP contribution in [0.2, 0.25) is 0 Å². The van der Waals surface area contributed by atoms with E-state index >= 15 is 0 Å². The lowest BCUT2D eigenvalue weighted by atomic mass is 10.0. The zero-order valence-electron chi connectivity index (χ0n) is 9.59. The Kier molecular flexibility index (Phi) is 5.58. The van der Waals surface area contributed by atoms with E-state index in [1.54, 1.807) is 0 Å². The molecule has 1 nitrogen and oxygen atoms in total. The van der Waals surface area contributed by atoms with Crippen LogP contribution in [0.5, 0.6) is 0 Å². The third-order valence-electron chi connectivity index (χ3n) is 2.47. The lowest BCUT2D eigenvalue weighted by molar-refractivity contribution is 0.525. The minimum absolute atomic E-state index is 0.535. The molecule has 0 aliphatic rings. The predicted molar refractivity (Wildman–Crippen MR) is 65.7 cm³/mol. The number of hydrogen-bond acceptors (Lipinski definition) is 1. The first kappa shape index (κ1) is 11.8. The topological polar surface area (TPSA) is 12.0 Å². The molecule has 1 rings (SSSR count). The summed E-state index contributed by atoms with van der Waals surface area (Å²) >= 11 is 0. The van der Waals surface area contributed by atoms with Crippen molar-refractivity contribution in [3.63, 3.8) is 0 Å². The Hall–Kier alpha value is -1.26. The molecule has 1 unspecified atom stereocenters. The molecule has 15 heavy (non-hydrogen) atoms. The summed E-state index contributed by atoms with van der Waals surface area (Å²) in [7, 11) is 0. The first-order chi connectivity index (χ1) is 7.36. The smallest absolute Gasteiger partial charge is 0.0578 e. The maximum absolute atomic E-state index is 3.45. The van der Waals surface area contributed by atoms with Gasteiger partial charge in [-0.3, -0.25) is 0 Å². The maximum atomic E-state index is 3.45. The van der Waals surface area contributed by atoms with E-state index in [-0.39, 0.29) is 0 Å². The largest absolute Gasteiger partial charge is 0.303 e. The Morgan fingerprint density at radius 1 is 1.27 bits per heavy atom. The quantitative estimate of drug-likeness (QED) is 0.722. The van der Waals surface area contributed by atoms with Gasteiger partial charge in [-0.2, -0.15) is 0 Å². The van der Waals surface area contributed by atoms with Crippen LogP contribution in [-0.2, 0) is 6.42 Å². The summed E-state index contributed by atoms with van der Waals surface area (Å²) < 4.78 is 0. The lowest BCUT2D eigenvalue weighted by Crippen LogP contribution is -2.30. The molecular weight excluding hydrogens is 182 g/mol. The van der Waals surface area contributed by atoms with Gasteiger partial charge >= 0.3 is 0 Å². The molecule has 1 aromatic rings. The molecule has 0 fully saturated rings. The van der Waals surface area contributed by atoms with E-state index < -0.39 is 0 Å². The first-order valence-electron chi connectivity index (χ1n) is 5.53. The van der Waals surface area contributed by atoms with E-state index in [1.807, 2.05) is 6.92 Å². The Morgan fingerprint density at radius 2 is 2.00 bits per heavy atom. The average Bonchev–Trinajstić information content (AvgIpc) is 2.29. The van der Waals surface area contributed by atoms with Crippen LogP contribution in [0, 0.1) is 11.8 Å². The Labute approximate surface area is 92.9 Å². The molecule has 0 aliphatic heterocycles. The fourth-order valence-electron chi connectivity index (χ4n) is 1.54. The van der Waals surface area contributed by atoms with Crippen molar-refractivity contribution in [3.8, 4) is 11.8 Å². The highest BCUT2D eigenvalue weighted by Crippen LogP contribution is 2.05. The van der Waals surface area contributed by atoms with Gasteiger partial charge in [-0.15, -0.1) is 5.92 Å². The van der Waals surface area contributed by atoms with Crippen LogP contribution in [0.1, 0.15) is 25.8 Å². The van der Waals surface area contributed by atoms with Crippen LogP contribution < -0.4 is 5.32 Å². The highest BCUT2D eigenvalue weighted by molar-refractivity contribution is 5.16. The second kappa shape index (κ2) is 7.09. The van der Waals surface area contributed by atoms with Gasteiger partial charge in [-0.05, 0) is 25.3 Å². The van der Waals surface area contributed by atoms with Crippen molar-refractivity contribution < 1.29 is 0 Å². The average molecular weight is 201 g/mol. The van der Waals surface area contributed by atoms with Crippen molar-refractivity contribution in [2.24, 2.45) is 0 Å². The molecule has 0 spiro atoms. The second-order valence-electron chi connectivity index (χ2n) is 3.60. The molecule has 0 radical (unpaired) electrons. The van der Waals surface area contributed by atoms with Crippen molar-refractivity contribution in [1.29, 1.82) is 0 Å². The summed E-state index contributed by atoms with van der Waals surface area (Å²) in [6.45, 7) is 4.88. The summed E-state index contributed by atoms with van der Waals surface area (Å²) in [6.07, 6.45) is 2.23. The normalized spacial score (nSPS) is 11.6. The highest BCUT2D eigenvalue weighted by atomic mass is 14.9. The van der Waals surface area contributed by atoms with E-state index in [1.165, 1.54) is 5.56 Å². The van der Waals surface area contributed by atoms with Crippen molar-refractivity contribution in [2.75, 3.05) is 6.54 Å². The zero-order valence-corrected chi connectivity index (χ0v) is 9.59. The standard InChI is InChI=1S/C14H19N/c1-3-5-11-15-14(4-2)12-13-9-7-6-8-10-13/h6-10,14-15H,4,11-12H2,1-2H3. The summed E-state index contributed by atoms with van der Waals surface area (Å²) in [5.41, 5.74) is 1.39. The van der Waals surface area contributed by atoms with Gasteiger partial charge in [-0.25, -0.2) is 0 Å². The molecule has 0 aliphatic carbocycles. The molecule has 0 saturated heterocycles. The number of benzene rings is 1. The van der Waals surface area contributed by atoms with E-state index in [2.05, 4.69) is 54.4 Å². The molecule has 1 N–H and O–H groups in total. The Balaban J connectivity index is 2.42. The second-order valence-corrected chi connectivity index (χ2v) is 3.60. The van der Waals surface area contributed by atoms with Crippen molar-refractivity contribution in [1.82, 2.24) is 5.32 Å². The van der Waals surface area contributed by atoms with Gasteiger partial charge in [0.05, 0.1) is 6.54 Å². The minimum atomic E-state index is 0.535. The fraction of sp³-hybridized carbons (Fsp3) is 0.429. The summed E-state index contributed by atoms with van der Waals surface area (Å²) in [4.78, 5) is 0. The monoisotopic (exact) mass is 201 g/mol. The molecule has 1 atom stereocenters. The van der Waals surface area contributed by atoms with Crippen molar-refractivity contribution in [3.05, 3.63) is 35.9 Å². The van der Waals surface area contributed by atoms with Gasteiger partial charge in [0.2, 0.25) is 0 Å². The van der Waals surface area contributed by atoms with Crippen LogP contribution in [0.3, 0.4) is 0 Å². The molecule has 0 heterocycles. The number of rotatable bonds is 5. The molecule has 0 amide bonds. The summed E-state index contributed by atoms with van der Waals surface area (Å²) in [5, 5.41) is 3.45. The fourth-order valence-corrected chi connectivity index (χ4v) is 1.54. The highest BCUT2D eigenvalue weighted by Gasteiger charge is 2.04. The lowest BCUT2D eigenvalue weighted by Gasteiger charge is -2.15. The predicted octanol–water partition coefficient (Wildman–Crippen LogP) is 2.62. The summed E-state index contributed by atoms with van der Waals surface area (Å²) in [6, 6.07) is 11.1. The van der Waals surface area contributed by atoms with Gasteiger partial charge in [0, 0.05) is 6.04 Å². The van der Waals surface area contributed by atoms with Gasteiger partial charge in [-0.1, -0.05) is 43.2 Å². The van der Waals surface area contributed by atoms with Crippen molar-refractivity contribution >= 4 is 0 Å². The third kappa shape index (κ3) is 4.67. The molecule has 1 aromatic carbocycles. The minimum Gasteiger partial charge on any atom is -0.303 e. The van der Waals surface area contributed by atoms with Gasteiger partial charge in [0.15, 0.2) is 0 Å². The van der Waals surface area contributed by atoms with Gasteiger partial charge in [0.1, 0.15) is 0 Å². The van der Waals surface area contributed by atoms with Crippen LogP contribution in [0.25, 0.3) is 0 Å². The molecule has 0 saturated carbocycles. The molecule has 80 valence electrons. The third-order valence-corrected chi connectivity index (χ3v) is 2.47. The molecule has 0 bridgehead atoms. The SMILES string of the molecule is CC#CCNC(CC)Cc1ccccc1. The molecular formula is C14H19N. The van der Waals surface area contributed by atoms with E-state index in [9.17, 15) is 0 Å². The van der Waals surface area contributed by atoms with Gasteiger partial charge in [0.25, 0.3) is 0 Å². The first-order valence-corrected chi connectivity index (χ1v) is 5.53. The van der Waals surface area contributed by atoms with E-state index in [0.29, 0.717) is 6.04 Å². The molecule has 0 aromatic heterocycles. The number of nitrogens with one attached hydrogen (secondary N) is 1. The van der Waals surface area contributed by atoms with Crippen LogP contribution in [0.15, 0.2) is 30.3 Å². The Bertz CT molecular complexity index is 318. The molecule has 1 heteroatoms. The van der Waals surface area contributed by atoms with Crippen LogP contribution in [-0.4, -0.2) is 12.6 Å². The van der Waals surface area contributed by atoms with E-state index in [4.69, 9.17) is 0 Å². The summed E-state index contributed by atoms with van der Waals surface area (Å²) in [5.74, 6) is 5.94. The van der Waals surface area contributed by atoms with Crippen LogP contribution in [0.4, 0.5) is 0 Å². The van der Waals surface area contributed by atoms with Crippen molar-refractivity contribution in [2.45, 2.75) is 32.7 Å². The van der Waals surface area contributed by atoms with Gasteiger partial charge < -0.3 is 5.32 Å².